The van der Waals surface area contributed by atoms with E-state index >= 15 is 0 Å². The molecule has 4 aliphatic carbocycles. The summed E-state index contributed by atoms with van der Waals surface area (Å²) >= 11 is -0.826. The molecule has 83 heavy (non-hydrogen) atoms. The van der Waals surface area contributed by atoms with Crippen molar-refractivity contribution in [2.75, 3.05) is 28.4 Å². The fourth-order valence-corrected chi connectivity index (χ4v) is 23.2. The molecule has 0 radical (unpaired) electrons. The van der Waals surface area contributed by atoms with Crippen LogP contribution in [0.3, 0.4) is 0 Å². The van der Waals surface area contributed by atoms with Crippen molar-refractivity contribution in [2.45, 2.75) is 167 Å². The molecule has 4 atom stereocenters. The van der Waals surface area contributed by atoms with Gasteiger partial charge in [0.1, 0.15) is 23.0 Å². The summed E-state index contributed by atoms with van der Waals surface area (Å²) in [5, 5.41) is 6.99. The van der Waals surface area contributed by atoms with Crippen LogP contribution >= 0.6 is 17.0 Å². The van der Waals surface area contributed by atoms with E-state index in [0.717, 1.165) is 23.0 Å². The predicted molar refractivity (Wildman–Crippen MR) is 353 cm³/mol. The number of hydrogen-bond donors (Lipinski definition) is 0. The molecule has 12 rings (SSSR count). The molecule has 0 spiro atoms. The molecule has 4 unspecified atom stereocenters. The topological polar surface area (TPSA) is 36.9 Å². The van der Waals surface area contributed by atoms with Crippen LogP contribution in [0.25, 0.3) is 0 Å². The Bertz CT molecular complexity index is 2950. The number of methoxy groups -OCH3 is 4. The van der Waals surface area contributed by atoms with Crippen molar-refractivity contribution < 1.29 is 39.8 Å². The third kappa shape index (κ3) is 13.1. The van der Waals surface area contributed by atoms with Gasteiger partial charge in [-0.05, 0) is 89.8 Å². The molecule has 0 bridgehead atoms. The Kier molecular flexibility index (Phi) is 20.9. The van der Waals surface area contributed by atoms with E-state index in [9.17, 15) is 0 Å². The Morgan fingerprint density at radius 1 is 0.349 bits per heavy atom. The van der Waals surface area contributed by atoms with Crippen LogP contribution in [0.5, 0.6) is 23.0 Å². The van der Waals surface area contributed by atoms with Gasteiger partial charge in [-0.3, -0.25) is 0 Å². The summed E-state index contributed by atoms with van der Waals surface area (Å²) in [6.07, 6.45) is 20.3. The van der Waals surface area contributed by atoms with Crippen molar-refractivity contribution in [1.82, 2.24) is 0 Å². The first kappa shape index (κ1) is 61.5. The molecular weight excluding hydrogens is 1170 g/mol. The zero-order valence-electron chi connectivity index (χ0n) is 51.2. The van der Waals surface area contributed by atoms with Crippen LogP contribution in [0, 0.1) is 27.7 Å². The van der Waals surface area contributed by atoms with E-state index in [0.29, 0.717) is 23.7 Å². The number of rotatable bonds is 12. The second-order valence-electron chi connectivity index (χ2n) is 24.5. The number of hydrogen-bond acceptors (Lipinski definition) is 4. The summed E-state index contributed by atoms with van der Waals surface area (Å²) < 4.78 is 21.8. The van der Waals surface area contributed by atoms with Gasteiger partial charge in [0, 0.05) is 0 Å². The average Bonchev–Trinajstić information content (AvgIpc) is 3.95. The summed E-state index contributed by atoms with van der Waals surface area (Å²) in [7, 11) is 14.1. The predicted octanol–water partition coefficient (Wildman–Crippen LogP) is 16.3. The van der Waals surface area contributed by atoms with E-state index in [1.165, 1.54) is 125 Å². The molecule has 0 saturated heterocycles. The van der Waals surface area contributed by atoms with Crippen molar-refractivity contribution in [3.8, 4) is 23.0 Å². The molecule has 4 aliphatic rings. The maximum absolute atomic E-state index is 5.46. The molecule has 438 valence electrons. The van der Waals surface area contributed by atoms with E-state index in [-0.39, 0.29) is 0 Å². The van der Waals surface area contributed by atoms with Gasteiger partial charge in [-0.15, -0.1) is 0 Å². The van der Waals surface area contributed by atoms with E-state index < -0.39 is 38.4 Å². The monoisotopic (exact) mass is 1260 g/mol. The molecule has 8 aromatic carbocycles. The van der Waals surface area contributed by atoms with Gasteiger partial charge < -0.3 is 18.9 Å². The molecular formula is C74H88Cl2O4Si2Zr-4. The van der Waals surface area contributed by atoms with Crippen molar-refractivity contribution >= 4 is 55.4 Å². The number of aryl methyl sites for hydroxylation is 4. The molecule has 9 heteroatoms. The van der Waals surface area contributed by atoms with Crippen LogP contribution in [0.2, 0.25) is 13.1 Å². The molecule has 0 fully saturated rings. The van der Waals surface area contributed by atoms with Gasteiger partial charge in [0.15, 0.2) is 0 Å². The number of fused-ring (bicyclic) bond motifs is 4. The van der Waals surface area contributed by atoms with E-state index in [1.807, 2.05) is 0 Å². The van der Waals surface area contributed by atoms with Crippen LogP contribution in [0.1, 0.15) is 190 Å². The molecule has 0 saturated carbocycles. The average molecular weight is 1260 g/mol. The number of benzene rings is 4. The minimum absolute atomic E-state index is 0.495. The third-order valence-electron chi connectivity index (χ3n) is 19.9. The van der Waals surface area contributed by atoms with E-state index in [4.69, 9.17) is 36.0 Å². The summed E-state index contributed by atoms with van der Waals surface area (Å²) in [5.74, 6) is 5.75. The molecule has 8 aromatic rings. The van der Waals surface area contributed by atoms with Gasteiger partial charge in [-0.25, -0.2) is 24.3 Å². The van der Waals surface area contributed by atoms with Crippen LogP contribution in [0.15, 0.2) is 121 Å². The number of ether oxygens (including phenoxy) is 4. The molecule has 4 nitrogen and oxygen atoms in total. The second kappa shape index (κ2) is 28.3. The van der Waals surface area contributed by atoms with Crippen LogP contribution in [-0.2, 0) is 46.5 Å². The quantitative estimate of drug-likeness (QED) is 0.0694. The zero-order chi connectivity index (χ0) is 58.3. The third-order valence-corrected chi connectivity index (χ3v) is 26.5. The molecule has 0 aliphatic heterocycles. The Hall–Kier alpha value is -4.62. The van der Waals surface area contributed by atoms with Crippen LogP contribution in [-0.4, -0.2) is 46.0 Å². The van der Waals surface area contributed by atoms with Crippen LogP contribution in [0.4, 0.5) is 0 Å². The maximum atomic E-state index is 5.46. The molecule has 0 N–H and O–H groups in total. The Morgan fingerprint density at radius 3 is 0.723 bits per heavy atom. The molecule has 0 heterocycles. The Labute approximate surface area is 520 Å². The van der Waals surface area contributed by atoms with E-state index in [1.54, 1.807) is 116 Å². The Morgan fingerprint density at radius 2 is 0.542 bits per heavy atom. The van der Waals surface area contributed by atoms with E-state index in [2.05, 4.69) is 162 Å². The summed E-state index contributed by atoms with van der Waals surface area (Å²) in [5.41, 5.74) is 25.2. The summed E-state index contributed by atoms with van der Waals surface area (Å²) in [6.45, 7) is 14.9. The first-order valence-electron chi connectivity index (χ1n) is 31.1. The van der Waals surface area contributed by atoms with Gasteiger partial charge in [-0.1, -0.05) is 214 Å². The Balaban J connectivity index is 0.000000177. The normalized spacial score (nSPS) is 19.2. The van der Waals surface area contributed by atoms with Gasteiger partial charge in [-0.2, -0.15) is 87.5 Å². The SMILES string of the molecule is COc1ccc(C2CCCCc3c2cc(C)[c-]3[SiH](C)[c-]2c(C)cc3c2CCCCC3c2ccc(OC)cc2)cc1.COc1ccc(C2CCCCc3c2cc(C)[c-]3[SiH](C)[c-]2c(C)cc3c2CCCCC3c2ccc(OC)cc2)cc1.[Cl][Zr][Cl]. The summed E-state index contributed by atoms with van der Waals surface area (Å²) in [6, 6.07) is 45.7. The standard InChI is InChI=1S/2C37H44O2Si.2ClH.Zr/c2*1-24-22-34-30(26-14-18-28(38-3)19-15-26)10-6-8-12-32(34)36(24)40(5)37-25(2)23-35-31(11-7-9-13-33(35)37)27-16-20-29(39-4)21-17-27;;;/h2*14-23,30-31,40H,6-13H2,1-5H3;2*1H;/q2*-2;;;+2/p-2. The van der Waals surface area contributed by atoms with Crippen molar-refractivity contribution in [3.05, 3.63) is 210 Å². The van der Waals surface area contributed by atoms with Gasteiger partial charge in [0.2, 0.25) is 0 Å². The summed E-state index contributed by atoms with van der Waals surface area (Å²) in [4.78, 5) is 0. The first-order valence-corrected chi connectivity index (χ1v) is 42.0. The zero-order valence-corrected chi connectivity index (χ0v) is 57.5. The molecule has 0 aromatic heterocycles. The first-order chi connectivity index (χ1) is 40.4. The fraction of sp³-hybridized carbons (Fsp3) is 0.405. The van der Waals surface area contributed by atoms with Gasteiger partial charge >= 0.3 is 37.9 Å². The van der Waals surface area contributed by atoms with Gasteiger partial charge in [0.05, 0.1) is 28.4 Å². The molecule has 0 amide bonds. The van der Waals surface area contributed by atoms with Crippen molar-refractivity contribution in [1.29, 1.82) is 0 Å². The second-order valence-corrected chi connectivity index (χ2v) is 33.4. The van der Waals surface area contributed by atoms with Gasteiger partial charge in [0.25, 0.3) is 0 Å². The van der Waals surface area contributed by atoms with Crippen molar-refractivity contribution in [3.63, 3.8) is 0 Å². The number of halogens is 2. The fourth-order valence-electron chi connectivity index (χ4n) is 16.2. The minimum atomic E-state index is -1.38. The van der Waals surface area contributed by atoms with Crippen molar-refractivity contribution in [2.24, 2.45) is 0 Å². The van der Waals surface area contributed by atoms with Crippen LogP contribution < -0.4 is 39.7 Å².